The lowest BCUT2D eigenvalue weighted by atomic mass is 10.1. The first kappa shape index (κ1) is 19.1. The van der Waals surface area contributed by atoms with Gasteiger partial charge in [0.05, 0.1) is 27.5 Å². The number of benzene rings is 1. The molecule has 1 saturated carbocycles. The molecular formula is C14H13F3N6O3S. The second kappa shape index (κ2) is 7.13. The summed E-state index contributed by atoms with van der Waals surface area (Å²) in [7, 11) is 0. The number of thioether (sulfide) groups is 1. The molecule has 0 spiro atoms. The van der Waals surface area contributed by atoms with E-state index in [9.17, 15) is 28.1 Å². The fourth-order valence-corrected chi connectivity index (χ4v) is 3.11. The van der Waals surface area contributed by atoms with E-state index in [4.69, 9.17) is 0 Å². The molecule has 3 rings (SSSR count). The molecule has 1 amide bonds. The van der Waals surface area contributed by atoms with Crippen molar-refractivity contribution in [3.8, 4) is 0 Å². The van der Waals surface area contributed by atoms with Crippen LogP contribution in [0.1, 0.15) is 31.4 Å². The molecule has 9 nitrogen and oxygen atoms in total. The Bertz CT molecular complexity index is 883. The van der Waals surface area contributed by atoms with Crippen LogP contribution in [0.3, 0.4) is 0 Å². The van der Waals surface area contributed by atoms with E-state index in [0.717, 1.165) is 36.7 Å². The molecule has 2 aromatic rings. The summed E-state index contributed by atoms with van der Waals surface area (Å²) in [6, 6.07) is 2.34. The number of nitro benzene ring substituents is 1. The van der Waals surface area contributed by atoms with Gasteiger partial charge in [0.15, 0.2) is 0 Å². The molecule has 1 atom stereocenters. The molecular weight excluding hydrogens is 389 g/mol. The zero-order chi connectivity index (χ0) is 19.8. The smallest absolute Gasteiger partial charge is 0.325 e. The van der Waals surface area contributed by atoms with Gasteiger partial charge in [-0.3, -0.25) is 14.9 Å². The van der Waals surface area contributed by atoms with Gasteiger partial charge in [0.2, 0.25) is 11.1 Å². The van der Waals surface area contributed by atoms with Gasteiger partial charge in [-0.2, -0.15) is 13.2 Å². The fraction of sp³-hybridized carbons (Fsp3) is 0.429. The Hall–Kier alpha value is -2.70. The summed E-state index contributed by atoms with van der Waals surface area (Å²) >= 11 is 1.02. The number of halogens is 3. The number of hydrogen-bond donors (Lipinski definition) is 1. The van der Waals surface area contributed by atoms with Crippen LogP contribution in [-0.4, -0.2) is 36.3 Å². The second-order valence-electron chi connectivity index (χ2n) is 5.87. The maximum absolute atomic E-state index is 13.2. The van der Waals surface area contributed by atoms with E-state index in [2.05, 4.69) is 20.8 Å². The van der Waals surface area contributed by atoms with Crippen molar-refractivity contribution in [1.82, 2.24) is 20.2 Å². The van der Waals surface area contributed by atoms with Crippen molar-refractivity contribution < 1.29 is 22.9 Å². The Kier molecular flexibility index (Phi) is 5.04. The van der Waals surface area contributed by atoms with Crippen molar-refractivity contribution in [1.29, 1.82) is 0 Å². The van der Waals surface area contributed by atoms with Crippen LogP contribution in [0, 0.1) is 10.1 Å². The Labute approximate surface area is 154 Å². The number of nitro groups is 1. The van der Waals surface area contributed by atoms with Crippen molar-refractivity contribution >= 4 is 29.0 Å². The Balaban J connectivity index is 1.76. The number of rotatable bonds is 6. The first-order valence-corrected chi connectivity index (χ1v) is 8.66. The number of aromatic nitrogens is 4. The molecule has 1 aromatic heterocycles. The normalized spacial score (nSPS) is 15.4. The number of nitrogens with one attached hydrogen (secondary N) is 1. The molecule has 0 aliphatic heterocycles. The lowest BCUT2D eigenvalue weighted by Gasteiger charge is -2.16. The minimum atomic E-state index is -4.86. The van der Waals surface area contributed by atoms with Gasteiger partial charge in [0.25, 0.3) is 5.69 Å². The summed E-state index contributed by atoms with van der Waals surface area (Å²) in [5.41, 5.74) is -2.55. The number of nitrogens with zero attached hydrogens (tertiary/aromatic N) is 5. The summed E-state index contributed by atoms with van der Waals surface area (Å²) in [5.74, 6) is -0.704. The fourth-order valence-electron chi connectivity index (χ4n) is 2.25. The third kappa shape index (κ3) is 4.35. The monoisotopic (exact) mass is 402 g/mol. The number of amides is 1. The minimum Gasteiger partial charge on any atom is -0.325 e. The minimum absolute atomic E-state index is 0.185. The van der Waals surface area contributed by atoms with Crippen molar-refractivity contribution in [2.45, 2.75) is 42.4 Å². The zero-order valence-electron chi connectivity index (χ0n) is 13.8. The SMILES string of the molecule is CC(Sc1nnnn1C1CC1)C(=O)Nc1ccc([N+](=O)[O-])cc1C(F)(F)F. The van der Waals surface area contributed by atoms with Gasteiger partial charge in [-0.25, -0.2) is 4.68 Å². The summed E-state index contributed by atoms with van der Waals surface area (Å²) in [6.07, 6.45) is -3.01. The Morgan fingerprint density at radius 2 is 2.15 bits per heavy atom. The molecule has 1 aromatic carbocycles. The Morgan fingerprint density at radius 3 is 2.74 bits per heavy atom. The van der Waals surface area contributed by atoms with Crippen LogP contribution in [0.15, 0.2) is 23.4 Å². The van der Waals surface area contributed by atoms with E-state index in [1.807, 2.05) is 0 Å². The van der Waals surface area contributed by atoms with E-state index in [-0.39, 0.29) is 6.04 Å². The molecule has 0 radical (unpaired) electrons. The van der Waals surface area contributed by atoms with E-state index in [1.165, 1.54) is 6.92 Å². The molecule has 1 aliphatic rings. The van der Waals surface area contributed by atoms with E-state index in [1.54, 1.807) is 4.68 Å². The van der Waals surface area contributed by atoms with Crippen LogP contribution in [-0.2, 0) is 11.0 Å². The number of tetrazole rings is 1. The molecule has 0 bridgehead atoms. The largest absolute Gasteiger partial charge is 0.418 e. The zero-order valence-corrected chi connectivity index (χ0v) is 14.6. The first-order valence-electron chi connectivity index (χ1n) is 7.78. The number of non-ortho nitro benzene ring substituents is 1. The topological polar surface area (TPSA) is 116 Å². The summed E-state index contributed by atoms with van der Waals surface area (Å²) < 4.78 is 41.1. The van der Waals surface area contributed by atoms with E-state index in [0.29, 0.717) is 11.2 Å². The molecule has 1 unspecified atom stereocenters. The Morgan fingerprint density at radius 1 is 1.44 bits per heavy atom. The highest BCUT2D eigenvalue weighted by Crippen LogP contribution is 2.39. The number of carbonyl (C=O) groups is 1. The van der Waals surface area contributed by atoms with Gasteiger partial charge in [0, 0.05) is 12.1 Å². The first-order chi connectivity index (χ1) is 12.7. The summed E-state index contributed by atoms with van der Waals surface area (Å²) in [6.45, 7) is 1.50. The van der Waals surface area contributed by atoms with Gasteiger partial charge in [-0.15, -0.1) is 5.10 Å². The van der Waals surface area contributed by atoms with Crippen LogP contribution >= 0.6 is 11.8 Å². The van der Waals surface area contributed by atoms with Crippen molar-refractivity contribution in [3.63, 3.8) is 0 Å². The molecule has 1 N–H and O–H groups in total. The van der Waals surface area contributed by atoms with Crippen LogP contribution in [0.25, 0.3) is 0 Å². The third-order valence-corrected chi connectivity index (χ3v) is 4.83. The number of alkyl halides is 3. The predicted molar refractivity (Wildman–Crippen MR) is 88.1 cm³/mol. The van der Waals surface area contributed by atoms with Gasteiger partial charge >= 0.3 is 6.18 Å². The number of carbonyl (C=O) groups excluding carboxylic acids is 1. The second-order valence-corrected chi connectivity index (χ2v) is 7.18. The van der Waals surface area contributed by atoms with Crippen molar-refractivity contribution in [2.75, 3.05) is 5.32 Å². The van der Waals surface area contributed by atoms with Gasteiger partial charge in [0.1, 0.15) is 0 Å². The summed E-state index contributed by atoms with van der Waals surface area (Å²) in [4.78, 5) is 22.1. The van der Waals surface area contributed by atoms with Crippen LogP contribution in [0.2, 0.25) is 0 Å². The molecule has 1 fully saturated rings. The highest BCUT2D eigenvalue weighted by Gasteiger charge is 2.36. The maximum Gasteiger partial charge on any atom is 0.418 e. The highest BCUT2D eigenvalue weighted by molar-refractivity contribution is 8.00. The molecule has 13 heteroatoms. The molecule has 144 valence electrons. The van der Waals surface area contributed by atoms with Gasteiger partial charge in [-0.1, -0.05) is 11.8 Å². The lowest BCUT2D eigenvalue weighted by Crippen LogP contribution is -2.24. The number of hydrogen-bond acceptors (Lipinski definition) is 7. The van der Waals surface area contributed by atoms with Crippen LogP contribution in [0.5, 0.6) is 0 Å². The molecule has 27 heavy (non-hydrogen) atoms. The third-order valence-electron chi connectivity index (χ3n) is 3.78. The highest BCUT2D eigenvalue weighted by atomic mass is 32.2. The van der Waals surface area contributed by atoms with E-state index >= 15 is 0 Å². The van der Waals surface area contributed by atoms with Gasteiger partial charge in [-0.05, 0) is 36.3 Å². The lowest BCUT2D eigenvalue weighted by molar-refractivity contribution is -0.385. The maximum atomic E-state index is 13.2. The molecule has 1 heterocycles. The standard InChI is InChI=1S/C14H13F3N6O3S/c1-7(27-13-19-20-21-22(13)8-2-3-8)12(24)18-11-5-4-9(23(25)26)6-10(11)14(15,16)17/h4-8H,2-3H2,1H3,(H,18,24). The molecule has 1 aliphatic carbocycles. The average Bonchev–Trinajstić information content (AvgIpc) is 3.33. The van der Waals surface area contributed by atoms with Crippen LogP contribution in [0.4, 0.5) is 24.5 Å². The van der Waals surface area contributed by atoms with Crippen molar-refractivity contribution in [2.24, 2.45) is 0 Å². The number of anilines is 1. The van der Waals surface area contributed by atoms with Crippen molar-refractivity contribution in [3.05, 3.63) is 33.9 Å². The molecule has 0 saturated heterocycles. The summed E-state index contributed by atoms with van der Waals surface area (Å²) in [5, 5.41) is 23.7. The quantitative estimate of drug-likeness (QED) is 0.448. The average molecular weight is 402 g/mol. The van der Waals surface area contributed by atoms with Crippen LogP contribution < -0.4 is 5.32 Å². The van der Waals surface area contributed by atoms with E-state index < -0.39 is 39.2 Å². The predicted octanol–water partition coefficient (Wildman–Crippen LogP) is 3.05. The van der Waals surface area contributed by atoms with Gasteiger partial charge < -0.3 is 5.32 Å².